The fourth-order valence-electron chi connectivity index (χ4n) is 4.30. The second-order valence-corrected chi connectivity index (χ2v) is 11.8. The molecule has 1 atom stereocenters. The highest BCUT2D eigenvalue weighted by atomic mass is 32.2. The summed E-state index contributed by atoms with van der Waals surface area (Å²) in [5.41, 5.74) is 1.19. The van der Waals surface area contributed by atoms with Crippen molar-refractivity contribution < 1.29 is 21.6 Å². The minimum absolute atomic E-state index is 0.00825. The molecule has 1 aliphatic rings. The van der Waals surface area contributed by atoms with Crippen molar-refractivity contribution in [2.75, 3.05) is 11.6 Å². The summed E-state index contributed by atoms with van der Waals surface area (Å²) in [7, 11) is -3.46. The Kier molecular flexibility index (Phi) is 6.80. The molecule has 0 radical (unpaired) electrons. The van der Waals surface area contributed by atoms with Crippen molar-refractivity contribution in [3.63, 3.8) is 0 Å². The molecule has 1 aliphatic carbocycles. The third kappa shape index (κ3) is 5.24. The summed E-state index contributed by atoms with van der Waals surface area (Å²) in [5.74, 6) is -0.0301. The van der Waals surface area contributed by atoms with E-state index in [0.29, 0.717) is 21.5 Å². The predicted octanol–water partition coefficient (Wildman–Crippen LogP) is 3.67. The van der Waals surface area contributed by atoms with Crippen LogP contribution in [0.15, 0.2) is 34.3 Å². The van der Waals surface area contributed by atoms with Crippen LogP contribution in [0.1, 0.15) is 54.5 Å². The molecule has 0 spiro atoms. The zero-order valence-electron chi connectivity index (χ0n) is 22.0. The minimum Gasteiger partial charge on any atom is -0.360 e. The largest absolute Gasteiger partial charge is 0.409 e. The van der Waals surface area contributed by atoms with E-state index in [-0.39, 0.29) is 45.9 Å². The van der Waals surface area contributed by atoms with Gasteiger partial charge in [-0.05, 0) is 45.7 Å². The van der Waals surface area contributed by atoms with Crippen LogP contribution in [0.5, 0.6) is 0 Å². The lowest BCUT2D eigenvalue weighted by Crippen LogP contribution is -2.35. The first-order chi connectivity index (χ1) is 18.8. The number of alkyl halides is 3. The lowest BCUT2D eigenvalue weighted by molar-refractivity contribution is -0.162. The zero-order valence-corrected chi connectivity index (χ0v) is 22.8. The summed E-state index contributed by atoms with van der Waals surface area (Å²) in [5, 5.41) is 2.74. The molecule has 15 heteroatoms. The van der Waals surface area contributed by atoms with Crippen LogP contribution < -0.4 is 10.9 Å². The fourth-order valence-corrected chi connectivity index (χ4v) is 4.86. The number of hydrogen-bond donors (Lipinski definition) is 1. The van der Waals surface area contributed by atoms with Crippen molar-refractivity contribution in [2.45, 2.75) is 63.2 Å². The third-order valence-electron chi connectivity index (χ3n) is 6.69. The molecule has 0 amide bonds. The number of fused-ring (bicyclic) bond motifs is 1. The van der Waals surface area contributed by atoms with Crippen LogP contribution in [0.2, 0.25) is 0 Å². The van der Waals surface area contributed by atoms with Crippen LogP contribution in [0.3, 0.4) is 0 Å². The molecular formula is C25H25F3N8O3S. The van der Waals surface area contributed by atoms with Crippen molar-refractivity contribution in [3.8, 4) is 11.4 Å². The first-order valence-electron chi connectivity index (χ1n) is 12.3. The maximum absolute atomic E-state index is 14.0. The van der Waals surface area contributed by atoms with Crippen LogP contribution in [0.25, 0.3) is 22.6 Å². The van der Waals surface area contributed by atoms with E-state index in [2.05, 4.69) is 35.2 Å². The highest BCUT2D eigenvalue weighted by molar-refractivity contribution is 7.90. The second-order valence-electron chi connectivity index (χ2n) is 9.76. The van der Waals surface area contributed by atoms with Crippen LogP contribution in [-0.2, 0) is 16.4 Å². The summed E-state index contributed by atoms with van der Waals surface area (Å²) >= 11 is 0. The molecule has 1 saturated carbocycles. The molecule has 1 N–H and O–H groups in total. The van der Waals surface area contributed by atoms with Gasteiger partial charge in [0, 0.05) is 18.4 Å². The smallest absolute Gasteiger partial charge is 0.360 e. The Balaban J connectivity index is 1.64. The van der Waals surface area contributed by atoms with Crippen molar-refractivity contribution in [2.24, 2.45) is 0 Å². The van der Waals surface area contributed by atoms with Gasteiger partial charge in [-0.2, -0.15) is 13.2 Å². The first kappa shape index (κ1) is 27.6. The highest BCUT2D eigenvalue weighted by Crippen LogP contribution is 2.43. The van der Waals surface area contributed by atoms with Gasteiger partial charge in [0.2, 0.25) is 0 Å². The molecule has 5 rings (SSSR count). The Morgan fingerprint density at radius 3 is 2.40 bits per heavy atom. The van der Waals surface area contributed by atoms with E-state index in [9.17, 15) is 26.4 Å². The molecule has 4 heterocycles. The van der Waals surface area contributed by atoms with Gasteiger partial charge in [-0.25, -0.2) is 33.3 Å². The number of aryl methyl sites for hydroxylation is 2. The average Bonchev–Trinajstić information content (AvgIpc) is 3.72. The number of nitrogens with one attached hydrogen (secondary N) is 1. The summed E-state index contributed by atoms with van der Waals surface area (Å²) in [4.78, 5) is 39.4. The Morgan fingerprint density at radius 1 is 1.07 bits per heavy atom. The number of nitrogens with zero attached hydrogens (tertiary/aromatic N) is 7. The number of hydrogen-bond acceptors (Lipinski definition) is 10. The molecule has 40 heavy (non-hydrogen) atoms. The molecule has 1 fully saturated rings. The van der Waals surface area contributed by atoms with Gasteiger partial charge in [-0.1, -0.05) is 0 Å². The Morgan fingerprint density at radius 2 is 1.80 bits per heavy atom. The molecule has 0 aliphatic heterocycles. The molecule has 0 saturated heterocycles. The van der Waals surface area contributed by atoms with Gasteiger partial charge in [0.05, 0.1) is 39.8 Å². The standard InChI is InChI=1S/C25H25F3N8O3S/c1-12-18(20(15-5-6-15)32-11-31-12)21-33-13(2)19-23(35-21)36(14(3)25(26,27)28)24(37)22(34-19)30-9-16-7-8-17(10-29-16)40(4,38)39/h7-8,10-11,14-15H,5-6,9H2,1-4H3,(H,30,34). The van der Waals surface area contributed by atoms with E-state index in [1.807, 2.05) is 0 Å². The number of pyridine rings is 1. The van der Waals surface area contributed by atoms with Gasteiger partial charge >= 0.3 is 6.18 Å². The molecule has 1 unspecified atom stereocenters. The molecular weight excluding hydrogens is 549 g/mol. The number of rotatable bonds is 7. The minimum atomic E-state index is -4.76. The maximum Gasteiger partial charge on any atom is 0.409 e. The number of halogens is 3. The topological polar surface area (TPSA) is 146 Å². The van der Waals surface area contributed by atoms with Gasteiger partial charge in [0.1, 0.15) is 17.9 Å². The SMILES string of the molecule is Cc1ncnc(C2CC2)c1-c1nc(C)c2nc(NCc3ccc(S(C)(=O)=O)cn3)c(=O)n(C(C)C(F)(F)F)c2n1. The van der Waals surface area contributed by atoms with Gasteiger partial charge in [-0.3, -0.25) is 14.3 Å². The van der Waals surface area contributed by atoms with Gasteiger partial charge in [-0.15, -0.1) is 0 Å². The van der Waals surface area contributed by atoms with Gasteiger partial charge in [0.15, 0.2) is 27.1 Å². The quantitative estimate of drug-likeness (QED) is 0.347. The van der Waals surface area contributed by atoms with E-state index in [1.54, 1.807) is 13.8 Å². The summed E-state index contributed by atoms with van der Waals surface area (Å²) in [6, 6.07) is 0.558. The number of anilines is 1. The van der Waals surface area contributed by atoms with Gasteiger partial charge < -0.3 is 5.32 Å². The summed E-state index contributed by atoms with van der Waals surface area (Å²) in [6.07, 6.45) is 0.727. The summed E-state index contributed by atoms with van der Waals surface area (Å²) in [6.45, 7) is 4.11. The Labute approximate surface area is 226 Å². The molecule has 0 aromatic carbocycles. The molecule has 4 aromatic heterocycles. The van der Waals surface area contributed by atoms with Crippen molar-refractivity contribution in [1.29, 1.82) is 0 Å². The van der Waals surface area contributed by atoms with E-state index in [4.69, 9.17) is 0 Å². The van der Waals surface area contributed by atoms with E-state index in [1.165, 1.54) is 18.5 Å². The molecule has 4 aromatic rings. The molecule has 210 valence electrons. The number of sulfone groups is 1. The Bertz CT molecular complexity index is 1790. The van der Waals surface area contributed by atoms with Gasteiger partial charge in [0.25, 0.3) is 5.56 Å². The fraction of sp³-hybridized carbons (Fsp3) is 0.400. The molecule has 0 bridgehead atoms. The maximum atomic E-state index is 14.0. The van der Waals surface area contributed by atoms with Crippen molar-refractivity contribution >= 4 is 26.8 Å². The predicted molar refractivity (Wildman–Crippen MR) is 140 cm³/mol. The second kappa shape index (κ2) is 9.87. The monoisotopic (exact) mass is 574 g/mol. The Hall–Kier alpha value is -4.01. The zero-order chi connectivity index (χ0) is 29.0. The lowest BCUT2D eigenvalue weighted by Gasteiger charge is -2.22. The number of aromatic nitrogens is 7. The van der Waals surface area contributed by atoms with Crippen LogP contribution in [0, 0.1) is 13.8 Å². The molecule has 11 nitrogen and oxygen atoms in total. The first-order valence-corrected chi connectivity index (χ1v) is 14.2. The van der Waals surface area contributed by atoms with E-state index >= 15 is 0 Å². The highest BCUT2D eigenvalue weighted by Gasteiger charge is 2.40. The van der Waals surface area contributed by atoms with E-state index in [0.717, 1.165) is 37.9 Å². The van der Waals surface area contributed by atoms with Crippen LogP contribution >= 0.6 is 0 Å². The third-order valence-corrected chi connectivity index (χ3v) is 7.79. The average molecular weight is 575 g/mol. The van der Waals surface area contributed by atoms with E-state index < -0.39 is 27.6 Å². The lowest BCUT2D eigenvalue weighted by atomic mass is 10.1. The van der Waals surface area contributed by atoms with Crippen molar-refractivity contribution in [1.82, 2.24) is 34.5 Å². The van der Waals surface area contributed by atoms with Crippen LogP contribution in [0.4, 0.5) is 19.0 Å². The summed E-state index contributed by atoms with van der Waals surface area (Å²) < 4.78 is 65.9. The van der Waals surface area contributed by atoms with Crippen LogP contribution in [-0.4, -0.2) is 55.3 Å². The van der Waals surface area contributed by atoms with Crippen molar-refractivity contribution in [3.05, 3.63) is 57.8 Å². The normalized spacial score (nSPS) is 14.9.